The summed E-state index contributed by atoms with van der Waals surface area (Å²) in [7, 11) is 0. The Morgan fingerprint density at radius 1 is 1.11 bits per heavy atom. The number of carbonyl (C=O) groups is 2. The summed E-state index contributed by atoms with van der Waals surface area (Å²) in [4.78, 5) is 41.3. The first-order valence-electron chi connectivity index (χ1n) is 8.70. The second kappa shape index (κ2) is 7.59. The van der Waals surface area contributed by atoms with E-state index in [0.717, 1.165) is 0 Å². The van der Waals surface area contributed by atoms with Crippen molar-refractivity contribution in [3.8, 4) is 5.69 Å². The monoisotopic (exact) mass is 396 g/mol. The van der Waals surface area contributed by atoms with Crippen molar-refractivity contribution in [2.45, 2.75) is 25.9 Å². The fourth-order valence-corrected chi connectivity index (χ4v) is 3.72. The number of carboxylic acids is 1. The maximum Gasteiger partial charge on any atom is 0.335 e. The van der Waals surface area contributed by atoms with E-state index in [1.807, 2.05) is 39.0 Å². The Labute approximate surface area is 166 Å². The highest BCUT2D eigenvalue weighted by Gasteiger charge is 2.23. The Bertz CT molecular complexity index is 1110. The summed E-state index contributed by atoms with van der Waals surface area (Å²) in [5.41, 5.74) is 0.174. The summed E-state index contributed by atoms with van der Waals surface area (Å²) in [6, 6.07) is 13.3. The highest BCUT2D eigenvalue weighted by atomic mass is 32.2. The third-order valence-corrected chi connectivity index (χ3v) is 5.21. The van der Waals surface area contributed by atoms with Gasteiger partial charge in [0.1, 0.15) is 5.78 Å². The van der Waals surface area contributed by atoms with E-state index in [-0.39, 0.29) is 22.7 Å². The number of benzene rings is 2. The number of ketones is 1. The molecule has 0 radical (unpaired) electrons. The molecule has 0 aliphatic heterocycles. The molecule has 0 saturated carbocycles. The second-order valence-electron chi connectivity index (χ2n) is 7.37. The van der Waals surface area contributed by atoms with E-state index in [1.165, 1.54) is 34.5 Å². The minimum atomic E-state index is -1.09. The molecule has 0 spiro atoms. The molecule has 0 aliphatic rings. The summed E-state index contributed by atoms with van der Waals surface area (Å²) in [6.45, 7) is 5.52. The van der Waals surface area contributed by atoms with Crippen LogP contribution in [0.5, 0.6) is 0 Å². The Morgan fingerprint density at radius 2 is 1.79 bits per heavy atom. The Hall–Kier alpha value is -2.93. The molecule has 3 aromatic rings. The fraction of sp³-hybridized carbons (Fsp3) is 0.238. The zero-order valence-electron chi connectivity index (χ0n) is 15.8. The smallest absolute Gasteiger partial charge is 0.335 e. The van der Waals surface area contributed by atoms with Crippen LogP contribution in [-0.4, -0.2) is 32.2 Å². The van der Waals surface area contributed by atoms with Crippen molar-refractivity contribution in [3.63, 3.8) is 0 Å². The van der Waals surface area contributed by atoms with Crippen LogP contribution < -0.4 is 5.56 Å². The molecule has 1 N–H and O–H groups in total. The Balaban J connectivity index is 2.18. The van der Waals surface area contributed by atoms with Crippen molar-refractivity contribution < 1.29 is 14.7 Å². The van der Waals surface area contributed by atoms with Gasteiger partial charge < -0.3 is 5.11 Å². The molecule has 0 amide bonds. The predicted molar refractivity (Wildman–Crippen MR) is 109 cm³/mol. The molecular formula is C21H20N2O4S. The van der Waals surface area contributed by atoms with E-state index in [2.05, 4.69) is 4.98 Å². The van der Waals surface area contributed by atoms with Crippen molar-refractivity contribution in [1.29, 1.82) is 0 Å². The number of carbonyl (C=O) groups excluding carboxylic acids is 1. The number of carboxylic acid groups (broad SMARTS) is 1. The minimum absolute atomic E-state index is 0.0331. The third-order valence-electron chi connectivity index (χ3n) is 4.27. The van der Waals surface area contributed by atoms with Crippen LogP contribution in [0.4, 0.5) is 0 Å². The first-order valence-corrected chi connectivity index (χ1v) is 9.68. The Morgan fingerprint density at radius 3 is 2.39 bits per heavy atom. The van der Waals surface area contributed by atoms with Crippen LogP contribution in [0.3, 0.4) is 0 Å². The van der Waals surface area contributed by atoms with Gasteiger partial charge in [-0.2, -0.15) is 0 Å². The number of hydrogen-bond donors (Lipinski definition) is 1. The van der Waals surface area contributed by atoms with Crippen molar-refractivity contribution in [2.24, 2.45) is 5.41 Å². The van der Waals surface area contributed by atoms with Crippen molar-refractivity contribution in [3.05, 3.63) is 64.4 Å². The molecule has 28 heavy (non-hydrogen) atoms. The van der Waals surface area contributed by atoms with Crippen LogP contribution in [0.25, 0.3) is 16.6 Å². The van der Waals surface area contributed by atoms with Gasteiger partial charge in [0.15, 0.2) is 5.16 Å². The van der Waals surface area contributed by atoms with Crippen LogP contribution >= 0.6 is 11.8 Å². The number of fused-ring (bicyclic) bond motifs is 1. The number of Topliss-reactive ketones (excluding diaryl/α,β-unsaturated/α-hetero) is 1. The molecule has 0 fully saturated rings. The summed E-state index contributed by atoms with van der Waals surface area (Å²) in [5, 5.41) is 9.89. The summed E-state index contributed by atoms with van der Waals surface area (Å²) in [5.74, 6) is -0.897. The lowest BCUT2D eigenvalue weighted by molar-refractivity contribution is -0.123. The molecule has 144 valence electrons. The molecule has 1 aromatic heterocycles. The molecule has 0 unspecified atom stereocenters. The summed E-state index contributed by atoms with van der Waals surface area (Å²) >= 11 is 1.18. The number of rotatable bonds is 5. The summed E-state index contributed by atoms with van der Waals surface area (Å²) < 4.78 is 1.46. The lowest BCUT2D eigenvalue weighted by atomic mass is 9.92. The number of hydrogen-bond acceptors (Lipinski definition) is 5. The maximum absolute atomic E-state index is 13.1. The maximum atomic E-state index is 13.1. The van der Waals surface area contributed by atoms with Gasteiger partial charge in [-0.3, -0.25) is 14.2 Å². The molecule has 1 heterocycles. The van der Waals surface area contributed by atoms with Gasteiger partial charge in [-0.15, -0.1) is 0 Å². The van der Waals surface area contributed by atoms with E-state index in [1.54, 1.807) is 12.1 Å². The van der Waals surface area contributed by atoms with Crippen molar-refractivity contribution in [2.75, 3.05) is 5.75 Å². The highest BCUT2D eigenvalue weighted by molar-refractivity contribution is 7.99. The zero-order valence-corrected chi connectivity index (χ0v) is 16.6. The highest BCUT2D eigenvalue weighted by Crippen LogP contribution is 2.25. The van der Waals surface area contributed by atoms with Gasteiger partial charge in [-0.1, -0.05) is 50.7 Å². The molecule has 3 rings (SSSR count). The predicted octanol–water partition coefficient (Wildman–Crippen LogP) is 3.79. The average molecular weight is 396 g/mol. The van der Waals surface area contributed by atoms with Crippen LogP contribution in [0, 0.1) is 5.41 Å². The molecule has 7 heteroatoms. The number of aromatic carboxylic acids is 1. The molecule has 0 saturated heterocycles. The van der Waals surface area contributed by atoms with Crippen LogP contribution in [0.15, 0.2) is 58.5 Å². The molecule has 0 aliphatic carbocycles. The molecule has 6 nitrogen and oxygen atoms in total. The largest absolute Gasteiger partial charge is 0.478 e. The average Bonchev–Trinajstić information content (AvgIpc) is 2.65. The first-order chi connectivity index (χ1) is 13.2. The molecule has 0 bridgehead atoms. The van der Waals surface area contributed by atoms with E-state index < -0.39 is 11.4 Å². The first kappa shape index (κ1) is 19.8. The fourth-order valence-electron chi connectivity index (χ4n) is 2.55. The van der Waals surface area contributed by atoms with Gasteiger partial charge in [0.05, 0.1) is 27.9 Å². The number of aromatic nitrogens is 2. The second-order valence-corrected chi connectivity index (χ2v) is 8.31. The van der Waals surface area contributed by atoms with Crippen LogP contribution in [0.2, 0.25) is 0 Å². The van der Waals surface area contributed by atoms with Gasteiger partial charge in [-0.05, 0) is 30.3 Å². The van der Waals surface area contributed by atoms with Gasteiger partial charge in [-0.25, -0.2) is 9.78 Å². The van der Waals surface area contributed by atoms with E-state index >= 15 is 0 Å². The number of para-hydroxylation sites is 1. The lowest BCUT2D eigenvalue weighted by Gasteiger charge is -2.17. The Kier molecular flexibility index (Phi) is 5.38. The quantitative estimate of drug-likeness (QED) is 0.521. The van der Waals surface area contributed by atoms with Gasteiger partial charge in [0.2, 0.25) is 0 Å². The van der Waals surface area contributed by atoms with Crippen molar-refractivity contribution in [1.82, 2.24) is 9.55 Å². The zero-order chi connectivity index (χ0) is 20.5. The van der Waals surface area contributed by atoms with Gasteiger partial charge in [0, 0.05) is 5.41 Å². The SMILES string of the molecule is CC(C)(C)C(=O)CSc1nc2cc(C(=O)O)ccc2c(=O)n1-c1ccccc1. The molecule has 2 aromatic carbocycles. The standard InChI is InChI=1S/C21H20N2O4S/c1-21(2,3)17(24)12-28-20-22-16-11-13(19(26)27)9-10-15(16)18(25)23(20)14-7-5-4-6-8-14/h4-11H,12H2,1-3H3,(H,26,27). The molecule has 0 atom stereocenters. The van der Waals surface area contributed by atoms with E-state index in [0.29, 0.717) is 21.7 Å². The van der Waals surface area contributed by atoms with E-state index in [4.69, 9.17) is 0 Å². The molecular weight excluding hydrogens is 376 g/mol. The van der Waals surface area contributed by atoms with Gasteiger partial charge >= 0.3 is 5.97 Å². The van der Waals surface area contributed by atoms with Gasteiger partial charge in [0.25, 0.3) is 5.56 Å². The number of thioether (sulfide) groups is 1. The minimum Gasteiger partial charge on any atom is -0.478 e. The normalized spacial score (nSPS) is 11.5. The topological polar surface area (TPSA) is 89.3 Å². The number of nitrogens with zero attached hydrogens (tertiary/aromatic N) is 2. The third kappa shape index (κ3) is 3.99. The van der Waals surface area contributed by atoms with Crippen LogP contribution in [0.1, 0.15) is 31.1 Å². The van der Waals surface area contributed by atoms with E-state index in [9.17, 15) is 19.5 Å². The van der Waals surface area contributed by atoms with Crippen LogP contribution in [-0.2, 0) is 4.79 Å². The summed E-state index contributed by atoms with van der Waals surface area (Å²) in [6.07, 6.45) is 0. The van der Waals surface area contributed by atoms with Crippen molar-refractivity contribution >= 4 is 34.4 Å². The lowest BCUT2D eigenvalue weighted by Crippen LogP contribution is -2.25.